The van der Waals surface area contributed by atoms with Gasteiger partial charge in [0.05, 0.1) is 10.1 Å². The maximum Gasteiger partial charge on any atom is 0.224 e. The van der Waals surface area contributed by atoms with E-state index in [1.165, 1.54) is 0 Å². The quantitative estimate of drug-likeness (QED) is 0.838. The molecule has 4 nitrogen and oxygen atoms in total. The molecule has 0 saturated carbocycles. The number of halogens is 2. The minimum absolute atomic E-state index is 0.178. The van der Waals surface area contributed by atoms with Crippen LogP contribution in [-0.4, -0.2) is 27.2 Å². The van der Waals surface area contributed by atoms with Crippen LogP contribution in [0.5, 0.6) is 0 Å². The summed E-state index contributed by atoms with van der Waals surface area (Å²) in [6.45, 7) is 4.09. The van der Waals surface area contributed by atoms with Gasteiger partial charge in [-0.25, -0.2) is 4.98 Å². The van der Waals surface area contributed by atoms with Gasteiger partial charge in [-0.05, 0) is 40.9 Å². The summed E-state index contributed by atoms with van der Waals surface area (Å²) < 4.78 is 0.721. The Bertz CT molecular complexity index is 346. The molecule has 0 aromatic carbocycles. The lowest BCUT2D eigenvalue weighted by atomic mass is 10.0. The fraction of sp³-hybridized carbons (Fsp3) is 0.556. The molecule has 6 heteroatoms. The second-order valence-corrected chi connectivity index (χ2v) is 4.73. The summed E-state index contributed by atoms with van der Waals surface area (Å²) in [7, 11) is 0. The van der Waals surface area contributed by atoms with Gasteiger partial charge in [0, 0.05) is 12.7 Å². The largest absolute Gasteiger partial charge is 0.388 e. The van der Waals surface area contributed by atoms with E-state index in [4.69, 9.17) is 11.6 Å². The van der Waals surface area contributed by atoms with Gasteiger partial charge in [-0.2, -0.15) is 4.98 Å². The lowest BCUT2D eigenvalue weighted by molar-refractivity contribution is 0.0696. The number of hydrogen-bond donors (Lipinski definition) is 2. The van der Waals surface area contributed by atoms with E-state index in [1.807, 2.05) is 6.92 Å². The van der Waals surface area contributed by atoms with Crippen LogP contribution in [0.2, 0.25) is 5.28 Å². The van der Waals surface area contributed by atoms with Crippen molar-refractivity contribution < 1.29 is 5.11 Å². The third kappa shape index (κ3) is 3.93. The number of nitrogens with zero attached hydrogens (tertiary/aromatic N) is 2. The highest BCUT2D eigenvalue weighted by atomic mass is 79.9. The molecule has 0 aliphatic heterocycles. The van der Waals surface area contributed by atoms with Crippen molar-refractivity contribution in [2.45, 2.75) is 25.9 Å². The summed E-state index contributed by atoms with van der Waals surface area (Å²) in [5.41, 5.74) is -0.753. The van der Waals surface area contributed by atoms with E-state index in [9.17, 15) is 5.11 Å². The molecular formula is C9H13BrClN3O. The third-order valence-electron chi connectivity index (χ3n) is 2.11. The molecule has 0 spiro atoms. The minimum Gasteiger partial charge on any atom is -0.388 e. The summed E-state index contributed by atoms with van der Waals surface area (Å²) in [6, 6.07) is 0. The Morgan fingerprint density at radius 3 is 2.93 bits per heavy atom. The molecule has 0 amide bonds. The van der Waals surface area contributed by atoms with Crippen LogP contribution in [0.25, 0.3) is 0 Å². The summed E-state index contributed by atoms with van der Waals surface area (Å²) in [5.74, 6) is 0.587. The average molecular weight is 295 g/mol. The molecule has 0 bridgehead atoms. The topological polar surface area (TPSA) is 58.0 Å². The van der Waals surface area contributed by atoms with E-state index in [0.29, 0.717) is 18.8 Å². The Morgan fingerprint density at radius 2 is 2.33 bits per heavy atom. The first-order valence-corrected chi connectivity index (χ1v) is 5.76. The SMILES string of the molecule is CCC(C)(O)CNc1nc(Cl)ncc1Br. The van der Waals surface area contributed by atoms with Gasteiger partial charge < -0.3 is 10.4 Å². The van der Waals surface area contributed by atoms with E-state index >= 15 is 0 Å². The van der Waals surface area contributed by atoms with Crippen molar-refractivity contribution in [1.82, 2.24) is 9.97 Å². The normalized spacial score (nSPS) is 14.7. The van der Waals surface area contributed by atoms with Crippen molar-refractivity contribution in [2.75, 3.05) is 11.9 Å². The highest BCUT2D eigenvalue weighted by Gasteiger charge is 2.17. The maximum atomic E-state index is 9.79. The number of anilines is 1. The van der Waals surface area contributed by atoms with Crippen LogP contribution in [0.1, 0.15) is 20.3 Å². The molecule has 84 valence electrons. The van der Waals surface area contributed by atoms with Gasteiger partial charge in [0.25, 0.3) is 0 Å². The molecule has 0 aliphatic rings. The van der Waals surface area contributed by atoms with Gasteiger partial charge in [-0.15, -0.1) is 0 Å². The summed E-state index contributed by atoms with van der Waals surface area (Å²) in [5, 5.41) is 13.0. The number of nitrogens with one attached hydrogen (secondary N) is 1. The van der Waals surface area contributed by atoms with Crippen molar-refractivity contribution in [3.8, 4) is 0 Å². The van der Waals surface area contributed by atoms with Gasteiger partial charge in [-0.3, -0.25) is 0 Å². The molecule has 1 atom stereocenters. The van der Waals surface area contributed by atoms with E-state index in [1.54, 1.807) is 13.1 Å². The molecular weight excluding hydrogens is 281 g/mol. The molecule has 0 fully saturated rings. The van der Waals surface area contributed by atoms with Crippen molar-refractivity contribution >= 4 is 33.3 Å². The van der Waals surface area contributed by atoms with Crippen LogP contribution in [0, 0.1) is 0 Å². The van der Waals surface area contributed by atoms with Crippen LogP contribution < -0.4 is 5.32 Å². The molecule has 0 radical (unpaired) electrons. The summed E-state index contributed by atoms with van der Waals surface area (Å²) in [6.07, 6.45) is 2.23. The van der Waals surface area contributed by atoms with Crippen molar-refractivity contribution in [2.24, 2.45) is 0 Å². The smallest absolute Gasteiger partial charge is 0.224 e. The molecule has 0 saturated heterocycles. The Balaban J connectivity index is 2.69. The standard InChI is InChI=1S/C9H13BrClN3O/c1-3-9(2,15)5-13-7-6(10)4-12-8(11)14-7/h4,15H,3,5H2,1-2H3,(H,12,13,14). The Kier molecular flexibility index (Phi) is 4.31. The predicted molar refractivity (Wildman–Crippen MR) is 64.1 cm³/mol. The van der Waals surface area contributed by atoms with Crippen LogP contribution >= 0.6 is 27.5 Å². The first kappa shape index (κ1) is 12.7. The Labute approximate surface area is 102 Å². The third-order valence-corrected chi connectivity index (χ3v) is 2.88. The molecule has 1 aromatic heterocycles. The number of aromatic nitrogens is 2. The van der Waals surface area contributed by atoms with E-state index in [-0.39, 0.29) is 5.28 Å². The highest BCUT2D eigenvalue weighted by molar-refractivity contribution is 9.10. The average Bonchev–Trinajstić information content (AvgIpc) is 2.20. The second kappa shape index (κ2) is 5.09. The van der Waals surface area contributed by atoms with E-state index in [2.05, 4.69) is 31.2 Å². The Hall–Kier alpha value is -0.390. The molecule has 1 aromatic rings. The maximum absolute atomic E-state index is 9.79. The van der Waals surface area contributed by atoms with Gasteiger partial charge in [-0.1, -0.05) is 6.92 Å². The van der Waals surface area contributed by atoms with Gasteiger partial charge >= 0.3 is 0 Å². The summed E-state index contributed by atoms with van der Waals surface area (Å²) in [4.78, 5) is 7.80. The van der Waals surface area contributed by atoms with E-state index < -0.39 is 5.60 Å². The zero-order valence-corrected chi connectivity index (χ0v) is 10.9. The van der Waals surface area contributed by atoms with Gasteiger partial charge in [0.15, 0.2) is 0 Å². The lowest BCUT2D eigenvalue weighted by Gasteiger charge is -2.22. The molecule has 15 heavy (non-hydrogen) atoms. The zero-order chi connectivity index (χ0) is 11.5. The molecule has 0 aliphatic carbocycles. The van der Waals surface area contributed by atoms with Gasteiger partial charge in [0.2, 0.25) is 5.28 Å². The lowest BCUT2D eigenvalue weighted by Crippen LogP contribution is -2.32. The fourth-order valence-electron chi connectivity index (χ4n) is 0.869. The van der Waals surface area contributed by atoms with Crippen LogP contribution in [0.3, 0.4) is 0 Å². The molecule has 1 heterocycles. The summed E-state index contributed by atoms with van der Waals surface area (Å²) >= 11 is 8.95. The minimum atomic E-state index is -0.753. The zero-order valence-electron chi connectivity index (χ0n) is 8.59. The second-order valence-electron chi connectivity index (χ2n) is 3.54. The predicted octanol–water partition coefficient (Wildman–Crippen LogP) is 2.47. The first-order chi connectivity index (χ1) is 6.94. The Morgan fingerprint density at radius 1 is 1.67 bits per heavy atom. The van der Waals surface area contributed by atoms with Crippen LogP contribution in [0.4, 0.5) is 5.82 Å². The van der Waals surface area contributed by atoms with Crippen molar-refractivity contribution in [1.29, 1.82) is 0 Å². The van der Waals surface area contributed by atoms with Crippen molar-refractivity contribution in [3.63, 3.8) is 0 Å². The van der Waals surface area contributed by atoms with Crippen molar-refractivity contribution in [3.05, 3.63) is 16.0 Å². The highest BCUT2D eigenvalue weighted by Crippen LogP contribution is 2.21. The first-order valence-electron chi connectivity index (χ1n) is 4.59. The number of rotatable bonds is 4. The van der Waals surface area contributed by atoms with Crippen LogP contribution in [0.15, 0.2) is 10.7 Å². The monoisotopic (exact) mass is 293 g/mol. The van der Waals surface area contributed by atoms with Crippen LogP contribution in [-0.2, 0) is 0 Å². The van der Waals surface area contributed by atoms with Gasteiger partial charge in [0.1, 0.15) is 5.82 Å². The molecule has 2 N–H and O–H groups in total. The fourth-order valence-corrected chi connectivity index (χ4v) is 1.33. The van der Waals surface area contributed by atoms with E-state index in [0.717, 1.165) is 4.47 Å². The molecule has 1 unspecified atom stereocenters. The molecule has 1 rings (SSSR count). The number of hydrogen-bond acceptors (Lipinski definition) is 4. The number of aliphatic hydroxyl groups is 1.